The largest absolute Gasteiger partial charge is 0.418 e. The Kier molecular flexibility index (Phi) is 6.98. The van der Waals surface area contributed by atoms with E-state index in [0.717, 1.165) is 11.6 Å². The van der Waals surface area contributed by atoms with E-state index in [9.17, 15) is 22.8 Å². The molecule has 1 N–H and O–H groups in total. The molecule has 0 heterocycles. The Balaban J connectivity index is 1.92. The summed E-state index contributed by atoms with van der Waals surface area (Å²) in [5.41, 5.74) is -0.119. The Bertz CT molecular complexity index is 776. The van der Waals surface area contributed by atoms with Crippen molar-refractivity contribution in [2.45, 2.75) is 25.9 Å². The summed E-state index contributed by atoms with van der Waals surface area (Å²) in [7, 11) is 0. The fraction of sp³-hybridized carbons (Fsp3) is 0.300. The molecule has 2 amide bonds. The van der Waals surface area contributed by atoms with Crippen molar-refractivity contribution in [2.75, 3.05) is 18.4 Å². The zero-order valence-electron chi connectivity index (χ0n) is 14.9. The summed E-state index contributed by atoms with van der Waals surface area (Å²) in [6.45, 7) is 1.98. The second-order valence-corrected chi connectivity index (χ2v) is 6.08. The van der Waals surface area contributed by atoms with Crippen LogP contribution in [0.2, 0.25) is 0 Å². The van der Waals surface area contributed by atoms with E-state index < -0.39 is 17.6 Å². The maximum Gasteiger partial charge on any atom is 0.418 e. The molecule has 0 saturated carbocycles. The molecule has 0 radical (unpaired) electrons. The summed E-state index contributed by atoms with van der Waals surface area (Å²) < 4.78 is 38.9. The zero-order chi connectivity index (χ0) is 19.9. The van der Waals surface area contributed by atoms with Crippen LogP contribution in [0.25, 0.3) is 0 Å². The monoisotopic (exact) mass is 378 g/mol. The molecular formula is C20H21F3N2O2. The predicted octanol–water partition coefficient (Wildman–Crippen LogP) is 4.13. The number of hydrogen-bond acceptors (Lipinski definition) is 2. The maximum atomic E-state index is 13.0. The number of para-hydroxylation sites is 1. The molecule has 7 heteroatoms. The van der Waals surface area contributed by atoms with Gasteiger partial charge in [0.25, 0.3) is 0 Å². The van der Waals surface area contributed by atoms with Gasteiger partial charge in [0.1, 0.15) is 0 Å². The summed E-state index contributed by atoms with van der Waals surface area (Å²) in [6, 6.07) is 14.4. The molecule has 144 valence electrons. The minimum Gasteiger partial charge on any atom is -0.342 e. The molecule has 2 rings (SSSR count). The van der Waals surface area contributed by atoms with Crippen LogP contribution in [0.4, 0.5) is 18.9 Å². The SMILES string of the molecule is CC(=O)N(CCC(=O)Nc1ccccc1C(F)(F)F)CCc1ccccc1. The Morgan fingerprint density at radius 3 is 2.22 bits per heavy atom. The molecule has 0 fully saturated rings. The fourth-order valence-electron chi connectivity index (χ4n) is 2.62. The highest BCUT2D eigenvalue weighted by Crippen LogP contribution is 2.34. The van der Waals surface area contributed by atoms with Crippen LogP contribution in [0.1, 0.15) is 24.5 Å². The molecule has 0 bridgehead atoms. The molecule has 0 atom stereocenters. The van der Waals surface area contributed by atoms with E-state index in [-0.39, 0.29) is 24.6 Å². The van der Waals surface area contributed by atoms with Crippen molar-refractivity contribution in [3.63, 3.8) is 0 Å². The third kappa shape index (κ3) is 6.44. The van der Waals surface area contributed by atoms with Gasteiger partial charge < -0.3 is 10.2 Å². The molecular weight excluding hydrogens is 357 g/mol. The van der Waals surface area contributed by atoms with E-state index in [1.54, 1.807) is 0 Å². The molecule has 0 spiro atoms. The van der Waals surface area contributed by atoms with Gasteiger partial charge in [-0.1, -0.05) is 42.5 Å². The predicted molar refractivity (Wildman–Crippen MR) is 97.1 cm³/mol. The van der Waals surface area contributed by atoms with Crippen LogP contribution in [0.5, 0.6) is 0 Å². The smallest absolute Gasteiger partial charge is 0.342 e. The molecule has 2 aromatic carbocycles. The van der Waals surface area contributed by atoms with E-state index in [1.807, 2.05) is 30.3 Å². The number of halogens is 3. The third-order valence-electron chi connectivity index (χ3n) is 4.07. The highest BCUT2D eigenvalue weighted by atomic mass is 19.4. The number of rotatable bonds is 7. The van der Waals surface area contributed by atoms with E-state index in [0.29, 0.717) is 13.0 Å². The van der Waals surface area contributed by atoms with Crippen LogP contribution in [-0.2, 0) is 22.2 Å². The molecule has 0 aliphatic carbocycles. The van der Waals surface area contributed by atoms with Crippen LogP contribution < -0.4 is 5.32 Å². The summed E-state index contributed by atoms with van der Waals surface area (Å²) >= 11 is 0. The van der Waals surface area contributed by atoms with Crippen molar-refractivity contribution in [1.29, 1.82) is 0 Å². The Labute approximate surface area is 156 Å². The number of carbonyl (C=O) groups is 2. The Morgan fingerprint density at radius 1 is 0.963 bits per heavy atom. The number of alkyl halides is 3. The van der Waals surface area contributed by atoms with Crippen molar-refractivity contribution in [3.05, 3.63) is 65.7 Å². The topological polar surface area (TPSA) is 49.4 Å². The lowest BCUT2D eigenvalue weighted by atomic mass is 10.1. The van der Waals surface area contributed by atoms with Gasteiger partial charge in [0.05, 0.1) is 11.3 Å². The van der Waals surface area contributed by atoms with Crippen LogP contribution in [0, 0.1) is 0 Å². The summed E-state index contributed by atoms with van der Waals surface area (Å²) in [5, 5.41) is 2.29. The van der Waals surface area contributed by atoms with Crippen LogP contribution >= 0.6 is 0 Å². The van der Waals surface area contributed by atoms with Gasteiger partial charge in [-0.3, -0.25) is 9.59 Å². The molecule has 0 saturated heterocycles. The average molecular weight is 378 g/mol. The van der Waals surface area contributed by atoms with Crippen molar-refractivity contribution in [3.8, 4) is 0 Å². The van der Waals surface area contributed by atoms with Crippen molar-refractivity contribution < 1.29 is 22.8 Å². The second kappa shape index (κ2) is 9.21. The number of hydrogen-bond donors (Lipinski definition) is 1. The molecule has 0 aromatic heterocycles. The summed E-state index contributed by atoms with van der Waals surface area (Å²) in [5.74, 6) is -0.757. The van der Waals surface area contributed by atoms with Crippen molar-refractivity contribution in [1.82, 2.24) is 4.90 Å². The average Bonchev–Trinajstić information content (AvgIpc) is 2.61. The number of anilines is 1. The molecule has 0 aliphatic rings. The molecule has 0 unspecified atom stereocenters. The minimum atomic E-state index is -4.55. The van der Waals surface area contributed by atoms with Crippen molar-refractivity contribution in [2.24, 2.45) is 0 Å². The standard InChI is InChI=1S/C20H21F3N2O2/c1-15(26)25(13-11-16-7-3-2-4-8-16)14-12-19(27)24-18-10-6-5-9-17(18)20(21,22)23/h2-10H,11-14H2,1H3,(H,24,27). The van der Waals surface area contributed by atoms with Gasteiger partial charge in [-0.05, 0) is 24.1 Å². The quantitative estimate of drug-likeness (QED) is 0.788. The van der Waals surface area contributed by atoms with Crippen LogP contribution in [0.15, 0.2) is 54.6 Å². The first-order valence-corrected chi connectivity index (χ1v) is 8.53. The van der Waals surface area contributed by atoms with E-state index in [2.05, 4.69) is 5.32 Å². The van der Waals surface area contributed by atoms with Gasteiger partial charge in [0.15, 0.2) is 0 Å². The molecule has 0 aliphatic heterocycles. The van der Waals surface area contributed by atoms with Crippen molar-refractivity contribution >= 4 is 17.5 Å². The molecule has 4 nitrogen and oxygen atoms in total. The molecule has 2 aromatic rings. The number of nitrogens with zero attached hydrogens (tertiary/aromatic N) is 1. The van der Waals surface area contributed by atoms with Gasteiger partial charge in [-0.25, -0.2) is 0 Å². The van der Waals surface area contributed by atoms with Gasteiger partial charge in [-0.2, -0.15) is 13.2 Å². The van der Waals surface area contributed by atoms with E-state index >= 15 is 0 Å². The highest BCUT2D eigenvalue weighted by molar-refractivity contribution is 5.92. The first-order chi connectivity index (χ1) is 12.8. The first kappa shape index (κ1) is 20.5. The lowest BCUT2D eigenvalue weighted by Crippen LogP contribution is -2.33. The van der Waals surface area contributed by atoms with Gasteiger partial charge >= 0.3 is 6.18 Å². The second-order valence-electron chi connectivity index (χ2n) is 6.08. The van der Waals surface area contributed by atoms with Crippen LogP contribution in [0.3, 0.4) is 0 Å². The number of carbonyl (C=O) groups excluding carboxylic acids is 2. The van der Waals surface area contributed by atoms with E-state index in [4.69, 9.17) is 0 Å². The summed E-state index contributed by atoms with van der Waals surface area (Å²) in [6.07, 6.45) is -4.00. The van der Waals surface area contributed by atoms with E-state index in [1.165, 1.54) is 30.0 Å². The lowest BCUT2D eigenvalue weighted by molar-refractivity contribution is -0.137. The third-order valence-corrected chi connectivity index (χ3v) is 4.07. The van der Waals surface area contributed by atoms with Crippen LogP contribution in [-0.4, -0.2) is 29.8 Å². The normalized spacial score (nSPS) is 11.1. The number of amides is 2. The Morgan fingerprint density at radius 2 is 1.59 bits per heavy atom. The maximum absolute atomic E-state index is 13.0. The van der Waals surface area contributed by atoms with Gasteiger partial charge in [0, 0.05) is 26.4 Å². The minimum absolute atomic E-state index is 0.0828. The highest BCUT2D eigenvalue weighted by Gasteiger charge is 2.33. The van der Waals surface area contributed by atoms with Gasteiger partial charge in [0.2, 0.25) is 11.8 Å². The fourth-order valence-corrected chi connectivity index (χ4v) is 2.62. The lowest BCUT2D eigenvalue weighted by Gasteiger charge is -2.21. The summed E-state index contributed by atoms with van der Waals surface area (Å²) in [4.78, 5) is 25.4. The number of benzene rings is 2. The Hall–Kier alpha value is -2.83. The molecule has 27 heavy (non-hydrogen) atoms. The first-order valence-electron chi connectivity index (χ1n) is 8.53. The number of nitrogens with one attached hydrogen (secondary N) is 1. The zero-order valence-corrected chi connectivity index (χ0v) is 14.9. The van der Waals surface area contributed by atoms with Gasteiger partial charge in [-0.15, -0.1) is 0 Å².